The lowest BCUT2D eigenvalue weighted by Crippen LogP contribution is -2.52. The number of ether oxygens (including phenoxy) is 1. The molecule has 2 saturated carbocycles. The minimum Gasteiger partial charge on any atom is -0.508 e. The van der Waals surface area contributed by atoms with Crippen LogP contribution >= 0.6 is 0 Å². The molecule has 0 saturated heterocycles. The van der Waals surface area contributed by atoms with Gasteiger partial charge in [0, 0.05) is 48.4 Å². The molecule has 46 heavy (non-hydrogen) atoms. The summed E-state index contributed by atoms with van der Waals surface area (Å²) in [7, 11) is 5.74. The Morgan fingerprint density at radius 2 is 1.83 bits per heavy atom. The fraction of sp³-hybridized carbons (Fsp3) is 0.342. The Hall–Kier alpha value is -4.85. The molecular weight excluding hydrogens is 574 g/mol. The van der Waals surface area contributed by atoms with E-state index in [2.05, 4.69) is 51.3 Å². The number of aromatic nitrogens is 4. The number of nitrogens with one attached hydrogen (secondary N) is 1. The van der Waals surface area contributed by atoms with Gasteiger partial charge in [0.15, 0.2) is 0 Å². The zero-order chi connectivity index (χ0) is 32.2. The molecule has 3 heterocycles. The molecule has 8 nitrogen and oxygen atoms in total. The normalized spacial score (nSPS) is 16.6. The predicted octanol–water partition coefficient (Wildman–Crippen LogP) is 8.08. The monoisotopic (exact) mass is 615 g/mol. The van der Waals surface area contributed by atoms with Gasteiger partial charge < -0.3 is 24.3 Å². The highest BCUT2D eigenvalue weighted by Crippen LogP contribution is 2.45. The van der Waals surface area contributed by atoms with Crippen LogP contribution in [0.1, 0.15) is 85.1 Å². The molecule has 0 aliphatic heterocycles. The third kappa shape index (κ3) is 4.96. The van der Waals surface area contributed by atoms with Crippen molar-refractivity contribution >= 4 is 33.9 Å². The van der Waals surface area contributed by atoms with Gasteiger partial charge in [0.25, 0.3) is 5.91 Å². The third-order valence-corrected chi connectivity index (χ3v) is 10.2. The number of rotatable bonds is 8. The van der Waals surface area contributed by atoms with E-state index in [1.54, 1.807) is 7.11 Å². The number of imidazole rings is 1. The van der Waals surface area contributed by atoms with E-state index in [1.807, 2.05) is 56.6 Å². The minimum atomic E-state index is -0.533. The van der Waals surface area contributed by atoms with Gasteiger partial charge in [-0.1, -0.05) is 31.6 Å². The maximum Gasteiger partial charge on any atom is 0.252 e. The van der Waals surface area contributed by atoms with Crippen LogP contribution in [-0.4, -0.2) is 37.2 Å². The number of carbonyl (C=O) groups is 1. The average molecular weight is 616 g/mol. The van der Waals surface area contributed by atoms with E-state index < -0.39 is 5.54 Å². The summed E-state index contributed by atoms with van der Waals surface area (Å²) < 4.78 is 9.65. The largest absolute Gasteiger partial charge is 0.508 e. The van der Waals surface area contributed by atoms with E-state index in [4.69, 9.17) is 9.72 Å². The third-order valence-electron chi connectivity index (χ3n) is 10.2. The number of aliphatic hydroxyl groups excluding tert-OH is 1. The Kier molecular flexibility index (Phi) is 7.46. The van der Waals surface area contributed by atoms with Gasteiger partial charge in [-0.15, -0.1) is 0 Å². The summed E-state index contributed by atoms with van der Waals surface area (Å²) in [6, 6.07) is 16.2. The van der Waals surface area contributed by atoms with Gasteiger partial charge in [-0.25, -0.2) is 9.97 Å². The highest BCUT2D eigenvalue weighted by Gasteiger charge is 2.44. The molecule has 2 fully saturated rings. The number of allylic oxidation sites excluding steroid dienone is 1. The van der Waals surface area contributed by atoms with E-state index in [0.29, 0.717) is 22.9 Å². The Labute approximate surface area is 269 Å². The first-order chi connectivity index (χ1) is 22.2. The number of carbonyl (C=O) groups excluding carboxylic acids is 1. The maximum absolute atomic E-state index is 14.0. The summed E-state index contributed by atoms with van der Waals surface area (Å²) in [5.41, 5.74) is 8.25. The summed E-state index contributed by atoms with van der Waals surface area (Å²) in [6.45, 7) is 5.46. The molecule has 1 amide bonds. The summed E-state index contributed by atoms with van der Waals surface area (Å²) in [5.74, 6) is 1.91. The molecule has 0 bridgehead atoms. The first-order valence-electron chi connectivity index (χ1n) is 16.2. The summed E-state index contributed by atoms with van der Waals surface area (Å²) >= 11 is 0. The second-order valence-electron chi connectivity index (χ2n) is 13.0. The molecule has 2 aromatic carbocycles. The van der Waals surface area contributed by atoms with Gasteiger partial charge in [-0.2, -0.15) is 0 Å². The SMILES string of the molecule is C=C(O)/C(C)=C/c1ccc2nc(C3(NC(=O)c4ccc5c(C6CCCC6)c(-c6ccc(OC)nc6)n(C)c5c4)CCC3)n(C)c2c1. The molecule has 2 aliphatic rings. The van der Waals surface area contributed by atoms with E-state index >= 15 is 0 Å². The smallest absolute Gasteiger partial charge is 0.252 e. The van der Waals surface area contributed by atoms with Gasteiger partial charge in [-0.05, 0) is 98.1 Å². The highest BCUT2D eigenvalue weighted by atomic mass is 16.5. The van der Waals surface area contributed by atoms with Crippen molar-refractivity contribution < 1.29 is 14.6 Å². The number of fused-ring (bicyclic) bond motifs is 2. The van der Waals surface area contributed by atoms with Gasteiger partial charge in [0.1, 0.15) is 11.6 Å². The fourth-order valence-electron chi connectivity index (χ4n) is 7.51. The van der Waals surface area contributed by atoms with E-state index in [-0.39, 0.29) is 11.7 Å². The van der Waals surface area contributed by atoms with Crippen LogP contribution in [0.3, 0.4) is 0 Å². The molecule has 2 N–H and O–H groups in total. The zero-order valence-corrected chi connectivity index (χ0v) is 27.1. The molecule has 0 unspecified atom stereocenters. The summed E-state index contributed by atoms with van der Waals surface area (Å²) in [6.07, 6.45) is 11.3. The number of hydrogen-bond acceptors (Lipinski definition) is 5. The van der Waals surface area contributed by atoms with E-state index in [1.165, 1.54) is 36.6 Å². The standard InChI is InChI=1S/C38H41N5O3/c1-23(24(2)44)19-25-11-15-30-32(20-25)43(4)37(40-30)38(17-8-18-38)41-36(45)27-12-14-29-31(21-27)42(3)35(34(29)26-9-6-7-10-26)28-13-16-33(46-5)39-22-28/h11-16,19-22,26,44H,2,6-10,17-18H2,1,3-5H3,(H,41,45)/b23-19+. The number of hydrogen-bond donors (Lipinski definition) is 2. The molecule has 0 radical (unpaired) electrons. The van der Waals surface area contributed by atoms with Crippen LogP contribution in [0, 0.1) is 0 Å². The average Bonchev–Trinajstić information content (AvgIpc) is 3.76. The van der Waals surface area contributed by atoms with Crippen LogP contribution in [0.25, 0.3) is 39.3 Å². The number of pyridine rings is 1. The quantitative estimate of drug-likeness (QED) is 0.136. The lowest BCUT2D eigenvalue weighted by atomic mass is 9.75. The zero-order valence-electron chi connectivity index (χ0n) is 27.1. The molecule has 236 valence electrons. The fourth-order valence-corrected chi connectivity index (χ4v) is 7.51. The molecule has 0 spiro atoms. The number of benzene rings is 2. The lowest BCUT2D eigenvalue weighted by molar-refractivity contribution is 0.0805. The Morgan fingerprint density at radius 3 is 2.48 bits per heavy atom. The van der Waals surface area contributed by atoms with Crippen molar-refractivity contribution in [3.63, 3.8) is 0 Å². The molecule has 5 aromatic rings. The molecule has 3 aromatic heterocycles. The second-order valence-corrected chi connectivity index (χ2v) is 13.0. The van der Waals surface area contributed by atoms with Gasteiger partial charge in [-0.3, -0.25) is 4.79 Å². The van der Waals surface area contributed by atoms with Crippen molar-refractivity contribution in [3.8, 4) is 17.1 Å². The van der Waals surface area contributed by atoms with E-state index in [0.717, 1.165) is 58.5 Å². The number of methoxy groups -OCH3 is 1. The number of nitrogens with zero attached hydrogens (tertiary/aromatic N) is 4. The van der Waals surface area contributed by atoms with Crippen molar-refractivity contribution in [1.29, 1.82) is 0 Å². The Bertz CT molecular complexity index is 2020. The minimum absolute atomic E-state index is 0.0548. The van der Waals surface area contributed by atoms with Crippen LogP contribution in [-0.2, 0) is 19.6 Å². The van der Waals surface area contributed by atoms with Crippen LogP contribution < -0.4 is 10.1 Å². The first kappa shape index (κ1) is 29.8. The number of aliphatic hydroxyl groups is 1. The van der Waals surface area contributed by atoms with Gasteiger partial charge in [0.05, 0.1) is 29.4 Å². The number of aryl methyl sites for hydroxylation is 2. The molecule has 0 atom stereocenters. The van der Waals surface area contributed by atoms with Gasteiger partial charge >= 0.3 is 0 Å². The van der Waals surface area contributed by atoms with Crippen LogP contribution in [0.4, 0.5) is 0 Å². The van der Waals surface area contributed by atoms with Gasteiger partial charge in [0.2, 0.25) is 5.88 Å². The molecule has 8 heteroatoms. The molecule has 7 rings (SSSR count). The first-order valence-corrected chi connectivity index (χ1v) is 16.2. The topological polar surface area (TPSA) is 94.2 Å². The predicted molar refractivity (Wildman–Crippen MR) is 183 cm³/mol. The highest BCUT2D eigenvalue weighted by molar-refractivity contribution is 6.01. The lowest BCUT2D eigenvalue weighted by Gasteiger charge is -2.41. The van der Waals surface area contributed by atoms with Crippen LogP contribution in [0.2, 0.25) is 0 Å². The van der Waals surface area contributed by atoms with Crippen molar-refractivity contribution in [2.75, 3.05) is 7.11 Å². The van der Waals surface area contributed by atoms with Crippen molar-refractivity contribution in [2.45, 2.75) is 63.3 Å². The van der Waals surface area contributed by atoms with Crippen LogP contribution in [0.5, 0.6) is 5.88 Å². The maximum atomic E-state index is 14.0. The summed E-state index contributed by atoms with van der Waals surface area (Å²) in [4.78, 5) is 23.5. The number of amides is 1. The Balaban J connectivity index is 1.24. The molecule has 2 aliphatic carbocycles. The Morgan fingerprint density at radius 1 is 1.04 bits per heavy atom. The van der Waals surface area contributed by atoms with E-state index in [9.17, 15) is 9.90 Å². The molecular formula is C38H41N5O3. The van der Waals surface area contributed by atoms with Crippen molar-refractivity contribution in [1.82, 2.24) is 24.4 Å². The second kappa shape index (κ2) is 11.5. The summed E-state index contributed by atoms with van der Waals surface area (Å²) in [5, 5.41) is 14.4. The van der Waals surface area contributed by atoms with Crippen molar-refractivity contribution in [2.24, 2.45) is 14.1 Å². The van der Waals surface area contributed by atoms with Crippen LogP contribution in [0.15, 0.2) is 72.6 Å². The van der Waals surface area contributed by atoms with Crippen molar-refractivity contribution in [3.05, 3.63) is 95.2 Å².